The highest BCUT2D eigenvalue weighted by molar-refractivity contribution is 5.80. The van der Waals surface area contributed by atoms with E-state index in [0.29, 0.717) is 6.54 Å². The van der Waals surface area contributed by atoms with Crippen LogP contribution in [-0.4, -0.2) is 56.4 Å². The van der Waals surface area contributed by atoms with Crippen molar-refractivity contribution in [2.75, 3.05) is 45.2 Å². The second-order valence-electron chi connectivity index (χ2n) is 7.12. The molecule has 30 heavy (non-hydrogen) atoms. The van der Waals surface area contributed by atoms with Crippen LogP contribution < -0.4 is 15.0 Å². The number of anilines is 1. The Kier molecular flexibility index (Phi) is 6.17. The van der Waals surface area contributed by atoms with Crippen molar-refractivity contribution in [3.8, 4) is 17.1 Å². The van der Waals surface area contributed by atoms with E-state index in [0.717, 1.165) is 54.9 Å². The molecule has 0 spiro atoms. The lowest BCUT2D eigenvalue weighted by Crippen LogP contribution is -2.52. The van der Waals surface area contributed by atoms with Crippen LogP contribution in [0.25, 0.3) is 11.3 Å². The van der Waals surface area contributed by atoms with Gasteiger partial charge in [0.25, 0.3) is 0 Å². The van der Waals surface area contributed by atoms with Crippen LogP contribution in [0, 0.1) is 0 Å². The molecule has 1 aliphatic rings. The van der Waals surface area contributed by atoms with Crippen molar-refractivity contribution in [3.05, 3.63) is 66.4 Å². The summed E-state index contributed by atoms with van der Waals surface area (Å²) >= 11 is 0. The standard InChI is InChI=1S/C23H27N5O2/c1-24-23(25-17-19-16-22(30-26-19)18-6-4-3-5-7-18)28-14-12-27(13-15-28)20-8-10-21(29-2)11-9-20/h3-11,16H,12-15,17H2,1-2H3,(H,24,25). The molecule has 1 N–H and O–H groups in total. The molecule has 1 saturated heterocycles. The number of aliphatic imine (C=N–C) groups is 1. The first-order valence-electron chi connectivity index (χ1n) is 10.1. The van der Waals surface area contributed by atoms with Crippen LogP contribution in [-0.2, 0) is 6.54 Å². The zero-order valence-corrected chi connectivity index (χ0v) is 17.4. The summed E-state index contributed by atoms with van der Waals surface area (Å²) in [6.07, 6.45) is 0. The average Bonchev–Trinajstić information content (AvgIpc) is 3.30. The summed E-state index contributed by atoms with van der Waals surface area (Å²) in [6, 6.07) is 20.2. The lowest BCUT2D eigenvalue weighted by atomic mass is 10.2. The van der Waals surface area contributed by atoms with Gasteiger partial charge in [-0.25, -0.2) is 0 Å². The Bertz CT molecular complexity index is 961. The highest BCUT2D eigenvalue weighted by Crippen LogP contribution is 2.21. The minimum Gasteiger partial charge on any atom is -0.497 e. The molecule has 0 radical (unpaired) electrons. The number of nitrogens with zero attached hydrogens (tertiary/aromatic N) is 4. The zero-order valence-electron chi connectivity index (χ0n) is 17.4. The summed E-state index contributed by atoms with van der Waals surface area (Å²) in [7, 11) is 3.50. The van der Waals surface area contributed by atoms with E-state index in [9.17, 15) is 0 Å². The number of aromatic nitrogens is 1. The quantitative estimate of drug-likeness (QED) is 0.519. The van der Waals surface area contributed by atoms with Crippen LogP contribution in [0.1, 0.15) is 5.69 Å². The molecule has 2 aromatic carbocycles. The Morgan fingerprint density at radius 2 is 1.80 bits per heavy atom. The largest absolute Gasteiger partial charge is 0.497 e. The van der Waals surface area contributed by atoms with Gasteiger partial charge in [-0.15, -0.1) is 0 Å². The van der Waals surface area contributed by atoms with E-state index in [1.165, 1.54) is 5.69 Å². The van der Waals surface area contributed by atoms with E-state index in [-0.39, 0.29) is 0 Å². The molecule has 0 aliphatic carbocycles. The van der Waals surface area contributed by atoms with Crippen LogP contribution in [0.5, 0.6) is 5.75 Å². The Labute approximate surface area is 177 Å². The fourth-order valence-electron chi connectivity index (χ4n) is 3.60. The number of methoxy groups -OCH3 is 1. The monoisotopic (exact) mass is 405 g/mol. The van der Waals surface area contributed by atoms with E-state index in [1.807, 2.05) is 55.6 Å². The van der Waals surface area contributed by atoms with Crippen LogP contribution in [0.3, 0.4) is 0 Å². The van der Waals surface area contributed by atoms with Crippen molar-refractivity contribution in [1.82, 2.24) is 15.4 Å². The fraction of sp³-hybridized carbons (Fsp3) is 0.304. The normalized spacial score (nSPS) is 14.7. The number of piperazine rings is 1. The molecule has 156 valence electrons. The smallest absolute Gasteiger partial charge is 0.194 e. The predicted octanol–water partition coefficient (Wildman–Crippen LogP) is 3.25. The molecule has 0 bridgehead atoms. The van der Waals surface area contributed by atoms with E-state index in [2.05, 4.69) is 37.4 Å². The first-order chi connectivity index (χ1) is 14.8. The molecule has 0 atom stereocenters. The second kappa shape index (κ2) is 9.35. The SMILES string of the molecule is CN=C(NCc1cc(-c2ccccc2)on1)N1CCN(c2ccc(OC)cc2)CC1. The molecule has 3 aromatic rings. The maximum Gasteiger partial charge on any atom is 0.194 e. The highest BCUT2D eigenvalue weighted by atomic mass is 16.5. The number of hydrogen-bond donors (Lipinski definition) is 1. The van der Waals surface area contributed by atoms with Crippen molar-refractivity contribution in [1.29, 1.82) is 0 Å². The number of ether oxygens (including phenoxy) is 1. The predicted molar refractivity (Wildman–Crippen MR) is 119 cm³/mol. The lowest BCUT2D eigenvalue weighted by molar-refractivity contribution is 0.370. The number of nitrogens with one attached hydrogen (secondary N) is 1. The molecular weight excluding hydrogens is 378 g/mol. The van der Waals surface area contributed by atoms with Crippen LogP contribution in [0.2, 0.25) is 0 Å². The van der Waals surface area contributed by atoms with E-state index >= 15 is 0 Å². The van der Waals surface area contributed by atoms with Gasteiger partial charge in [0, 0.05) is 50.5 Å². The Hall–Kier alpha value is -3.48. The van der Waals surface area contributed by atoms with E-state index < -0.39 is 0 Å². The molecule has 1 fully saturated rings. The molecule has 1 aliphatic heterocycles. The van der Waals surface area contributed by atoms with Gasteiger partial charge < -0.3 is 24.4 Å². The van der Waals surface area contributed by atoms with Crippen LogP contribution in [0.4, 0.5) is 5.69 Å². The van der Waals surface area contributed by atoms with Gasteiger partial charge in [-0.05, 0) is 24.3 Å². The summed E-state index contributed by atoms with van der Waals surface area (Å²) in [5, 5.41) is 7.59. The Balaban J connectivity index is 1.30. The minimum atomic E-state index is 0.571. The van der Waals surface area contributed by atoms with Gasteiger partial charge in [0.2, 0.25) is 0 Å². The van der Waals surface area contributed by atoms with Crippen molar-refractivity contribution >= 4 is 11.6 Å². The van der Waals surface area contributed by atoms with Gasteiger partial charge in [0.15, 0.2) is 11.7 Å². The minimum absolute atomic E-state index is 0.571. The first-order valence-corrected chi connectivity index (χ1v) is 10.1. The summed E-state index contributed by atoms with van der Waals surface area (Å²) < 4.78 is 10.7. The van der Waals surface area contributed by atoms with Crippen molar-refractivity contribution < 1.29 is 9.26 Å². The third kappa shape index (κ3) is 4.56. The molecule has 1 aromatic heterocycles. The molecule has 7 heteroatoms. The fourth-order valence-corrected chi connectivity index (χ4v) is 3.60. The Morgan fingerprint density at radius 3 is 2.47 bits per heavy atom. The number of hydrogen-bond acceptors (Lipinski definition) is 5. The van der Waals surface area contributed by atoms with Crippen molar-refractivity contribution in [2.45, 2.75) is 6.54 Å². The van der Waals surface area contributed by atoms with Gasteiger partial charge in [0.1, 0.15) is 11.4 Å². The number of rotatable bonds is 5. The average molecular weight is 406 g/mol. The third-order valence-corrected chi connectivity index (χ3v) is 5.27. The maximum atomic E-state index is 5.48. The van der Waals surface area contributed by atoms with Gasteiger partial charge in [-0.2, -0.15) is 0 Å². The summed E-state index contributed by atoms with van der Waals surface area (Å²) in [5.41, 5.74) is 3.09. The Morgan fingerprint density at radius 1 is 1.07 bits per heavy atom. The number of benzene rings is 2. The van der Waals surface area contributed by atoms with Gasteiger partial charge in [0.05, 0.1) is 13.7 Å². The summed E-state index contributed by atoms with van der Waals surface area (Å²) in [6.45, 7) is 4.26. The molecule has 2 heterocycles. The van der Waals surface area contributed by atoms with Crippen molar-refractivity contribution in [2.24, 2.45) is 4.99 Å². The van der Waals surface area contributed by atoms with Crippen LogP contribution >= 0.6 is 0 Å². The molecule has 0 amide bonds. The van der Waals surface area contributed by atoms with Gasteiger partial charge in [-0.1, -0.05) is 35.5 Å². The number of guanidine groups is 1. The third-order valence-electron chi connectivity index (χ3n) is 5.27. The molecule has 0 saturated carbocycles. The maximum absolute atomic E-state index is 5.48. The van der Waals surface area contributed by atoms with E-state index in [1.54, 1.807) is 7.11 Å². The first kappa shape index (κ1) is 19.8. The van der Waals surface area contributed by atoms with Crippen molar-refractivity contribution in [3.63, 3.8) is 0 Å². The molecule has 4 rings (SSSR count). The van der Waals surface area contributed by atoms with Gasteiger partial charge >= 0.3 is 0 Å². The molecule has 7 nitrogen and oxygen atoms in total. The van der Waals surface area contributed by atoms with E-state index in [4.69, 9.17) is 9.26 Å². The second-order valence-corrected chi connectivity index (χ2v) is 7.12. The summed E-state index contributed by atoms with van der Waals surface area (Å²) in [5.74, 6) is 2.54. The topological polar surface area (TPSA) is 66.1 Å². The lowest BCUT2D eigenvalue weighted by Gasteiger charge is -2.37. The van der Waals surface area contributed by atoms with Gasteiger partial charge in [-0.3, -0.25) is 4.99 Å². The zero-order chi connectivity index (χ0) is 20.8. The molecule has 0 unspecified atom stereocenters. The van der Waals surface area contributed by atoms with Crippen LogP contribution in [0.15, 0.2) is 70.2 Å². The summed E-state index contributed by atoms with van der Waals surface area (Å²) in [4.78, 5) is 9.11. The molecular formula is C23H27N5O2. The highest BCUT2D eigenvalue weighted by Gasteiger charge is 2.20.